The molecule has 0 aliphatic heterocycles. The molecule has 3 rings (SSSR count). The molecule has 2 aromatic rings. The maximum Gasteiger partial charge on any atom is 0.0484 e. The summed E-state index contributed by atoms with van der Waals surface area (Å²) in [6, 6.07) is 10.0. The van der Waals surface area contributed by atoms with E-state index in [1.54, 1.807) is 0 Å². The summed E-state index contributed by atoms with van der Waals surface area (Å²) in [6.45, 7) is 10.3. The smallest absolute Gasteiger partial charge is 0.0484 e. The number of hydrogen-bond acceptors (Lipinski definition) is 1. The van der Waals surface area contributed by atoms with Gasteiger partial charge in [-0.2, -0.15) is 0 Å². The lowest BCUT2D eigenvalue weighted by molar-refractivity contribution is 0.666. The lowest BCUT2D eigenvalue weighted by atomic mass is 9.88. The fraction of sp³-hybridized carbons (Fsp3) is 0.320. The minimum absolute atomic E-state index is 0.746. The third kappa shape index (κ3) is 5.43. The van der Waals surface area contributed by atoms with Gasteiger partial charge in [-0.3, -0.25) is 4.98 Å². The fourth-order valence-corrected chi connectivity index (χ4v) is 3.57. The van der Waals surface area contributed by atoms with Crippen molar-refractivity contribution in [1.29, 1.82) is 0 Å². The highest BCUT2D eigenvalue weighted by atomic mass is 35.5. The van der Waals surface area contributed by atoms with Gasteiger partial charge in [-0.15, -0.1) is 0 Å². The highest BCUT2D eigenvalue weighted by molar-refractivity contribution is 6.32. The van der Waals surface area contributed by atoms with Crippen molar-refractivity contribution in [2.24, 2.45) is 0 Å². The Hall–Kier alpha value is -2.12. The summed E-state index contributed by atoms with van der Waals surface area (Å²) in [5.41, 5.74) is 7.19. The van der Waals surface area contributed by atoms with Crippen molar-refractivity contribution in [2.75, 3.05) is 0 Å². The predicted molar refractivity (Wildman–Crippen MR) is 120 cm³/mol. The third-order valence-corrected chi connectivity index (χ3v) is 4.90. The van der Waals surface area contributed by atoms with Crippen LogP contribution in [0, 0.1) is 0 Å². The minimum atomic E-state index is 0.746. The number of aryl methyl sites for hydroxylation is 1. The molecule has 0 saturated carbocycles. The molecule has 0 spiro atoms. The Balaban J connectivity index is 0.000000817. The zero-order valence-corrected chi connectivity index (χ0v) is 17.5. The van der Waals surface area contributed by atoms with E-state index in [1.165, 1.54) is 41.7 Å². The number of benzene rings is 1. The molecular formula is C25H30ClN. The van der Waals surface area contributed by atoms with E-state index in [4.69, 9.17) is 11.6 Å². The summed E-state index contributed by atoms with van der Waals surface area (Å²) in [5, 5.41) is 0.746. The first-order valence-corrected chi connectivity index (χ1v) is 10.3. The summed E-state index contributed by atoms with van der Waals surface area (Å²) >= 11 is 6.37. The van der Waals surface area contributed by atoms with Crippen LogP contribution in [0.25, 0.3) is 11.1 Å². The third-order valence-electron chi connectivity index (χ3n) is 4.57. The van der Waals surface area contributed by atoms with Crippen LogP contribution in [0.4, 0.5) is 0 Å². The van der Waals surface area contributed by atoms with Gasteiger partial charge in [0.2, 0.25) is 0 Å². The molecule has 1 aromatic carbocycles. The lowest BCUT2D eigenvalue weighted by Gasteiger charge is -2.19. The molecule has 0 amide bonds. The predicted octanol–water partition coefficient (Wildman–Crippen LogP) is 7.70. The average Bonchev–Trinajstić information content (AvgIpc) is 2.70. The first-order valence-electron chi connectivity index (χ1n) is 9.88. The van der Waals surface area contributed by atoms with E-state index >= 15 is 0 Å². The molecule has 0 fully saturated rings. The molecule has 142 valence electrons. The molecule has 0 bridgehead atoms. The van der Waals surface area contributed by atoms with Crippen molar-refractivity contribution in [3.8, 4) is 0 Å². The molecule has 1 aliphatic rings. The molecule has 0 radical (unpaired) electrons. The molecular weight excluding hydrogens is 350 g/mol. The number of allylic oxidation sites excluding steroid dienone is 5. The van der Waals surface area contributed by atoms with E-state index in [-0.39, 0.29) is 0 Å². The van der Waals surface area contributed by atoms with E-state index in [0.717, 1.165) is 29.0 Å². The monoisotopic (exact) mass is 379 g/mol. The van der Waals surface area contributed by atoms with Gasteiger partial charge in [-0.05, 0) is 73.1 Å². The zero-order valence-electron chi connectivity index (χ0n) is 16.8. The van der Waals surface area contributed by atoms with E-state index in [0.29, 0.717) is 0 Å². The maximum absolute atomic E-state index is 6.37. The summed E-state index contributed by atoms with van der Waals surface area (Å²) in [4.78, 5) is 4.58. The summed E-state index contributed by atoms with van der Waals surface area (Å²) < 4.78 is 0. The molecule has 0 N–H and O–H groups in total. The standard InChI is InChI=1S/C22H22ClN.C3H8/c1-3-16(15-17(4-2)19-9-5-7-11-21(19)23)18-13-14-24-22-12-8-6-10-20(18)22;1-3-2/h3-5,7,9,11,13-15H,2,6,8,10,12H2,1H3;3H2,1-2H3/b16-3+,17-15+;. The van der Waals surface area contributed by atoms with Gasteiger partial charge in [0.15, 0.2) is 0 Å². The summed E-state index contributed by atoms with van der Waals surface area (Å²) in [5.74, 6) is 0. The molecule has 0 saturated heterocycles. The number of rotatable bonds is 4. The Morgan fingerprint density at radius 2 is 1.78 bits per heavy atom. The Labute approximate surface area is 169 Å². The van der Waals surface area contributed by atoms with Crippen molar-refractivity contribution in [2.45, 2.75) is 52.9 Å². The second-order valence-electron chi connectivity index (χ2n) is 6.73. The summed E-state index contributed by atoms with van der Waals surface area (Å²) in [7, 11) is 0. The molecule has 1 aliphatic carbocycles. The first-order chi connectivity index (χ1) is 13.2. The molecule has 2 heteroatoms. The lowest BCUT2D eigenvalue weighted by Crippen LogP contribution is -2.08. The Morgan fingerprint density at radius 3 is 2.44 bits per heavy atom. The van der Waals surface area contributed by atoms with Crippen LogP contribution in [0.5, 0.6) is 0 Å². The van der Waals surface area contributed by atoms with Gasteiger partial charge in [0, 0.05) is 22.5 Å². The molecule has 0 unspecified atom stereocenters. The molecule has 0 atom stereocenters. The molecule has 27 heavy (non-hydrogen) atoms. The van der Waals surface area contributed by atoms with Gasteiger partial charge in [-0.1, -0.05) is 68.8 Å². The zero-order chi connectivity index (χ0) is 19.6. The van der Waals surface area contributed by atoms with Gasteiger partial charge < -0.3 is 0 Å². The Kier molecular flexibility index (Phi) is 8.54. The van der Waals surface area contributed by atoms with Crippen molar-refractivity contribution < 1.29 is 0 Å². The number of aromatic nitrogens is 1. The maximum atomic E-state index is 6.37. The van der Waals surface area contributed by atoms with Crippen LogP contribution in [0.1, 0.15) is 62.4 Å². The minimum Gasteiger partial charge on any atom is -0.261 e. The van der Waals surface area contributed by atoms with Crippen LogP contribution in [0.2, 0.25) is 5.02 Å². The molecule has 1 nitrogen and oxygen atoms in total. The van der Waals surface area contributed by atoms with Gasteiger partial charge in [-0.25, -0.2) is 0 Å². The SMILES string of the molecule is C=C/C(=C\C(=C/C)c1ccnc2c1CCCC2)c1ccccc1Cl.CCC. The Bertz CT molecular complexity index is 830. The molecule has 1 heterocycles. The number of nitrogens with zero attached hydrogens (tertiary/aromatic N) is 1. The molecule has 1 aromatic heterocycles. The highest BCUT2D eigenvalue weighted by Gasteiger charge is 2.16. The largest absolute Gasteiger partial charge is 0.261 e. The van der Waals surface area contributed by atoms with Gasteiger partial charge in [0.25, 0.3) is 0 Å². The van der Waals surface area contributed by atoms with Crippen molar-refractivity contribution in [3.05, 3.63) is 88.7 Å². The van der Waals surface area contributed by atoms with E-state index in [9.17, 15) is 0 Å². The van der Waals surface area contributed by atoms with Crippen LogP contribution < -0.4 is 0 Å². The van der Waals surface area contributed by atoms with Crippen molar-refractivity contribution in [1.82, 2.24) is 4.98 Å². The van der Waals surface area contributed by atoms with Gasteiger partial charge in [0.1, 0.15) is 0 Å². The van der Waals surface area contributed by atoms with Crippen molar-refractivity contribution in [3.63, 3.8) is 0 Å². The topological polar surface area (TPSA) is 12.9 Å². The highest BCUT2D eigenvalue weighted by Crippen LogP contribution is 2.32. The number of halogens is 1. The van der Waals surface area contributed by atoms with Gasteiger partial charge in [0.05, 0.1) is 0 Å². The number of pyridine rings is 1. The van der Waals surface area contributed by atoms with Crippen molar-refractivity contribution >= 4 is 22.7 Å². The van der Waals surface area contributed by atoms with Crippen LogP contribution in [-0.4, -0.2) is 4.98 Å². The average molecular weight is 380 g/mol. The number of hydrogen-bond donors (Lipinski definition) is 0. The van der Waals surface area contributed by atoms with Crippen LogP contribution >= 0.6 is 11.6 Å². The second kappa shape index (κ2) is 10.9. The van der Waals surface area contributed by atoms with E-state index in [2.05, 4.69) is 50.6 Å². The van der Waals surface area contributed by atoms with Crippen LogP contribution in [0.15, 0.2) is 61.3 Å². The van der Waals surface area contributed by atoms with Crippen LogP contribution in [-0.2, 0) is 12.8 Å². The summed E-state index contributed by atoms with van der Waals surface area (Å²) in [6.07, 6.45) is 14.1. The first kappa shape index (κ1) is 21.2. The normalized spacial score (nSPS) is 14.1. The Morgan fingerprint density at radius 1 is 1.07 bits per heavy atom. The van der Waals surface area contributed by atoms with E-state index < -0.39 is 0 Å². The van der Waals surface area contributed by atoms with Crippen LogP contribution in [0.3, 0.4) is 0 Å². The quantitative estimate of drug-likeness (QED) is 0.496. The van der Waals surface area contributed by atoms with Gasteiger partial charge >= 0.3 is 0 Å². The fourth-order valence-electron chi connectivity index (χ4n) is 3.32. The number of fused-ring (bicyclic) bond motifs is 1. The van der Waals surface area contributed by atoms with E-state index in [1.807, 2.05) is 36.5 Å². The second-order valence-corrected chi connectivity index (χ2v) is 7.13.